The minimum Gasteiger partial charge on any atom is -0.370 e. The van der Waals surface area contributed by atoms with Gasteiger partial charge in [0.25, 0.3) is 0 Å². The van der Waals surface area contributed by atoms with E-state index in [0.717, 1.165) is 11.6 Å². The summed E-state index contributed by atoms with van der Waals surface area (Å²) in [6, 6.07) is 6.22. The molecule has 0 N–H and O–H groups in total. The molecule has 0 saturated carbocycles. The summed E-state index contributed by atoms with van der Waals surface area (Å²) in [5.41, 5.74) is 1.04. The summed E-state index contributed by atoms with van der Waals surface area (Å²) in [6.07, 6.45) is -4.39. The van der Waals surface area contributed by atoms with E-state index in [1.165, 1.54) is 6.07 Å². The Bertz CT molecular complexity index is 566. The zero-order chi connectivity index (χ0) is 14.8. The van der Waals surface area contributed by atoms with Crippen molar-refractivity contribution in [3.63, 3.8) is 0 Å². The lowest BCUT2D eigenvalue weighted by Gasteiger charge is -2.21. The summed E-state index contributed by atoms with van der Waals surface area (Å²) >= 11 is 7.14. The van der Waals surface area contributed by atoms with E-state index in [0.29, 0.717) is 12.2 Å². The molecule has 1 aromatic carbocycles. The van der Waals surface area contributed by atoms with E-state index in [4.69, 9.17) is 11.6 Å². The fraction of sp³-hybridized carbons (Fsp3) is 0.286. The molecule has 0 amide bonds. The highest BCUT2D eigenvalue weighted by Gasteiger charge is 2.33. The Morgan fingerprint density at radius 2 is 2.00 bits per heavy atom. The number of benzene rings is 1. The molecule has 2 aromatic rings. The summed E-state index contributed by atoms with van der Waals surface area (Å²) in [5, 5.41) is 3.93. The number of halogens is 4. The monoisotopic (exact) mass is 319 g/mol. The van der Waals surface area contributed by atoms with Gasteiger partial charge in [-0.15, -0.1) is 11.6 Å². The number of alkyl halides is 4. The van der Waals surface area contributed by atoms with Crippen molar-refractivity contribution < 1.29 is 13.2 Å². The van der Waals surface area contributed by atoms with Crippen molar-refractivity contribution in [2.45, 2.75) is 18.6 Å². The van der Waals surface area contributed by atoms with E-state index < -0.39 is 11.7 Å². The van der Waals surface area contributed by atoms with Crippen LogP contribution in [0.3, 0.4) is 0 Å². The Balaban J connectivity index is 2.28. The van der Waals surface area contributed by atoms with Crippen molar-refractivity contribution in [3.8, 4) is 0 Å². The number of nitrogens with zero attached hydrogens (tertiary/aromatic N) is 1. The van der Waals surface area contributed by atoms with Gasteiger partial charge in [0.1, 0.15) is 0 Å². The van der Waals surface area contributed by atoms with Crippen molar-refractivity contribution in [3.05, 3.63) is 51.7 Å². The summed E-state index contributed by atoms with van der Waals surface area (Å²) in [6.45, 7) is 0.570. The number of rotatable bonds is 4. The number of thiophene rings is 1. The standard InChI is InChI=1S/C14H13ClF3NS/c1-19(8-10-4-5-20-9-10)12-3-2-11(7-15)13(6-12)14(16,17)18/h2-6,9H,7-8H2,1H3. The number of hydrogen-bond acceptors (Lipinski definition) is 2. The molecule has 1 aromatic heterocycles. The second kappa shape index (κ2) is 6.06. The molecule has 1 heterocycles. The summed E-state index contributed by atoms with van der Waals surface area (Å²) < 4.78 is 38.9. The fourth-order valence-electron chi connectivity index (χ4n) is 1.93. The van der Waals surface area contributed by atoms with Gasteiger partial charge in [-0.25, -0.2) is 0 Å². The van der Waals surface area contributed by atoms with Crippen molar-refractivity contribution in [1.82, 2.24) is 0 Å². The highest BCUT2D eigenvalue weighted by molar-refractivity contribution is 7.07. The van der Waals surface area contributed by atoms with Crippen molar-refractivity contribution in [2.75, 3.05) is 11.9 Å². The molecule has 0 radical (unpaired) electrons. The fourth-order valence-corrected chi connectivity index (χ4v) is 2.82. The topological polar surface area (TPSA) is 3.24 Å². The molecule has 0 aliphatic rings. The summed E-state index contributed by atoms with van der Waals surface area (Å²) in [4.78, 5) is 1.79. The highest BCUT2D eigenvalue weighted by Crippen LogP contribution is 2.35. The van der Waals surface area contributed by atoms with Gasteiger partial charge in [-0.1, -0.05) is 6.07 Å². The van der Waals surface area contributed by atoms with E-state index in [1.54, 1.807) is 29.4 Å². The van der Waals surface area contributed by atoms with Crippen LogP contribution < -0.4 is 4.90 Å². The lowest BCUT2D eigenvalue weighted by molar-refractivity contribution is -0.138. The number of anilines is 1. The maximum atomic E-state index is 13.0. The minimum atomic E-state index is -4.39. The zero-order valence-corrected chi connectivity index (χ0v) is 12.3. The van der Waals surface area contributed by atoms with E-state index >= 15 is 0 Å². The first kappa shape index (κ1) is 15.2. The molecular formula is C14H13ClF3NS. The molecule has 0 unspecified atom stereocenters. The first-order valence-electron chi connectivity index (χ1n) is 5.90. The van der Waals surface area contributed by atoms with E-state index in [-0.39, 0.29) is 11.4 Å². The third kappa shape index (κ3) is 3.46. The third-order valence-corrected chi connectivity index (χ3v) is 4.00. The molecule has 0 saturated heterocycles. The molecule has 0 aliphatic heterocycles. The first-order valence-corrected chi connectivity index (χ1v) is 7.38. The molecule has 6 heteroatoms. The van der Waals surface area contributed by atoms with Crippen LogP contribution in [0.4, 0.5) is 18.9 Å². The van der Waals surface area contributed by atoms with Gasteiger partial charge >= 0.3 is 6.18 Å². The molecule has 0 atom stereocenters. The minimum absolute atomic E-state index is 0.104. The highest BCUT2D eigenvalue weighted by atomic mass is 35.5. The maximum Gasteiger partial charge on any atom is 0.416 e. The van der Waals surface area contributed by atoms with Crippen LogP contribution in [-0.2, 0) is 18.6 Å². The largest absolute Gasteiger partial charge is 0.416 e. The van der Waals surface area contributed by atoms with Gasteiger partial charge < -0.3 is 4.90 Å². The van der Waals surface area contributed by atoms with Crippen LogP contribution in [0.5, 0.6) is 0 Å². The first-order chi connectivity index (χ1) is 9.41. The van der Waals surface area contributed by atoms with Gasteiger partial charge in [-0.2, -0.15) is 24.5 Å². The van der Waals surface area contributed by atoms with Crippen molar-refractivity contribution in [2.24, 2.45) is 0 Å². The Labute approximate surface area is 124 Å². The Morgan fingerprint density at radius 3 is 2.55 bits per heavy atom. The predicted octanol–water partition coefficient (Wildman–Crippen LogP) is 5.14. The van der Waals surface area contributed by atoms with Crippen molar-refractivity contribution in [1.29, 1.82) is 0 Å². The summed E-state index contributed by atoms with van der Waals surface area (Å²) in [7, 11) is 1.77. The second-order valence-electron chi connectivity index (χ2n) is 4.46. The van der Waals surface area contributed by atoms with Gasteiger partial charge in [0, 0.05) is 25.2 Å². The van der Waals surface area contributed by atoms with E-state index in [1.807, 2.05) is 16.8 Å². The average molecular weight is 320 g/mol. The van der Waals surface area contributed by atoms with Crippen LogP contribution in [0.1, 0.15) is 16.7 Å². The molecular weight excluding hydrogens is 307 g/mol. The lowest BCUT2D eigenvalue weighted by Crippen LogP contribution is -2.17. The molecule has 0 spiro atoms. The Kier molecular flexibility index (Phi) is 4.60. The normalized spacial score (nSPS) is 11.7. The second-order valence-corrected chi connectivity index (χ2v) is 5.51. The third-order valence-electron chi connectivity index (χ3n) is 2.98. The van der Waals surface area contributed by atoms with Gasteiger partial charge in [0.05, 0.1) is 5.56 Å². The molecule has 0 bridgehead atoms. The number of hydrogen-bond donors (Lipinski definition) is 0. The molecule has 108 valence electrons. The lowest BCUT2D eigenvalue weighted by atomic mass is 10.1. The Morgan fingerprint density at radius 1 is 1.25 bits per heavy atom. The Hall–Kier alpha value is -1.20. The van der Waals surface area contributed by atoms with Crippen molar-refractivity contribution >= 4 is 28.6 Å². The molecule has 20 heavy (non-hydrogen) atoms. The van der Waals surface area contributed by atoms with Crippen LogP contribution in [0, 0.1) is 0 Å². The smallest absolute Gasteiger partial charge is 0.370 e. The molecule has 1 nitrogen and oxygen atoms in total. The van der Waals surface area contributed by atoms with Gasteiger partial charge in [0.2, 0.25) is 0 Å². The summed E-state index contributed by atoms with van der Waals surface area (Å²) in [5.74, 6) is -0.149. The van der Waals surface area contributed by atoms with Gasteiger partial charge in [-0.3, -0.25) is 0 Å². The maximum absolute atomic E-state index is 13.0. The predicted molar refractivity (Wildman–Crippen MR) is 77.4 cm³/mol. The van der Waals surface area contributed by atoms with Crippen LogP contribution in [0.2, 0.25) is 0 Å². The van der Waals surface area contributed by atoms with Crippen LogP contribution >= 0.6 is 22.9 Å². The van der Waals surface area contributed by atoms with E-state index in [9.17, 15) is 13.2 Å². The average Bonchev–Trinajstić information content (AvgIpc) is 2.89. The van der Waals surface area contributed by atoms with Crippen LogP contribution in [-0.4, -0.2) is 7.05 Å². The molecule has 0 fully saturated rings. The zero-order valence-electron chi connectivity index (χ0n) is 10.7. The molecule has 0 aliphatic carbocycles. The van der Waals surface area contributed by atoms with Crippen LogP contribution in [0.25, 0.3) is 0 Å². The molecule has 2 rings (SSSR count). The quantitative estimate of drug-likeness (QED) is 0.705. The SMILES string of the molecule is CN(Cc1ccsc1)c1ccc(CCl)c(C(F)(F)F)c1. The van der Waals surface area contributed by atoms with E-state index in [2.05, 4.69) is 0 Å². The van der Waals surface area contributed by atoms with Gasteiger partial charge in [-0.05, 0) is 40.1 Å². The van der Waals surface area contributed by atoms with Gasteiger partial charge in [0.15, 0.2) is 0 Å². The van der Waals surface area contributed by atoms with Crippen LogP contribution in [0.15, 0.2) is 35.0 Å².